The molecule has 1 N–H and O–H groups in total. The van der Waals surface area contributed by atoms with Crippen molar-refractivity contribution in [2.24, 2.45) is 5.92 Å². The first-order valence-corrected chi connectivity index (χ1v) is 6.25. The molecular formula is C14H19NO2. The van der Waals surface area contributed by atoms with Crippen LogP contribution >= 0.6 is 0 Å². The number of phenolic OH excluding ortho intramolecular Hbond substituents is 1. The minimum atomic E-state index is 0.183. The molecule has 3 nitrogen and oxygen atoms in total. The van der Waals surface area contributed by atoms with E-state index < -0.39 is 0 Å². The number of anilines is 1. The summed E-state index contributed by atoms with van der Waals surface area (Å²) in [6.07, 6.45) is 5.62. The fourth-order valence-corrected chi connectivity index (χ4v) is 2.43. The molecule has 1 aliphatic carbocycles. The topological polar surface area (TPSA) is 40.5 Å². The van der Waals surface area contributed by atoms with Crippen LogP contribution in [-0.4, -0.2) is 18.1 Å². The van der Waals surface area contributed by atoms with Gasteiger partial charge in [0, 0.05) is 18.7 Å². The van der Waals surface area contributed by atoms with Crippen LogP contribution in [0.15, 0.2) is 24.3 Å². The third-order valence-corrected chi connectivity index (χ3v) is 3.52. The maximum Gasteiger partial charge on any atom is 0.229 e. The lowest BCUT2D eigenvalue weighted by molar-refractivity contribution is -0.123. The Labute approximate surface area is 102 Å². The van der Waals surface area contributed by atoms with Crippen molar-refractivity contribution >= 4 is 11.6 Å². The highest BCUT2D eigenvalue weighted by Gasteiger charge is 2.24. The fourth-order valence-electron chi connectivity index (χ4n) is 2.43. The zero-order valence-corrected chi connectivity index (χ0v) is 10.2. The molecule has 0 aromatic heterocycles. The Bertz CT molecular complexity index is 380. The lowest BCUT2D eigenvalue weighted by atomic mass is 9.88. The van der Waals surface area contributed by atoms with Gasteiger partial charge in [0.15, 0.2) is 0 Å². The largest absolute Gasteiger partial charge is 0.508 e. The molecule has 3 heteroatoms. The summed E-state index contributed by atoms with van der Waals surface area (Å²) in [6, 6.07) is 6.77. The molecule has 1 amide bonds. The number of benzene rings is 1. The molecule has 1 fully saturated rings. The number of carbonyl (C=O) groups is 1. The van der Waals surface area contributed by atoms with Gasteiger partial charge in [-0.2, -0.15) is 0 Å². The van der Waals surface area contributed by atoms with Crippen LogP contribution < -0.4 is 4.90 Å². The molecule has 0 saturated heterocycles. The molecule has 0 radical (unpaired) electrons. The molecule has 2 rings (SSSR count). The molecule has 0 atom stereocenters. The van der Waals surface area contributed by atoms with Gasteiger partial charge in [-0.3, -0.25) is 4.79 Å². The minimum Gasteiger partial charge on any atom is -0.508 e. The van der Waals surface area contributed by atoms with Gasteiger partial charge >= 0.3 is 0 Å². The number of hydrogen-bond acceptors (Lipinski definition) is 2. The molecule has 0 heterocycles. The van der Waals surface area contributed by atoms with Gasteiger partial charge < -0.3 is 10.0 Å². The van der Waals surface area contributed by atoms with Crippen LogP contribution in [0.4, 0.5) is 5.69 Å². The second-order valence-electron chi connectivity index (χ2n) is 4.75. The number of hydrogen-bond donors (Lipinski definition) is 1. The van der Waals surface area contributed by atoms with Gasteiger partial charge in [-0.15, -0.1) is 0 Å². The molecule has 1 aromatic rings. The summed E-state index contributed by atoms with van der Waals surface area (Å²) in [6.45, 7) is 0. The third-order valence-electron chi connectivity index (χ3n) is 3.52. The molecule has 1 aliphatic rings. The van der Waals surface area contributed by atoms with Gasteiger partial charge in [0.2, 0.25) is 5.91 Å². The highest BCUT2D eigenvalue weighted by molar-refractivity contribution is 5.94. The monoisotopic (exact) mass is 233 g/mol. The van der Waals surface area contributed by atoms with Gasteiger partial charge in [-0.05, 0) is 37.1 Å². The summed E-state index contributed by atoms with van der Waals surface area (Å²) < 4.78 is 0. The third kappa shape index (κ3) is 2.78. The van der Waals surface area contributed by atoms with E-state index in [0.717, 1.165) is 18.5 Å². The van der Waals surface area contributed by atoms with Crippen molar-refractivity contribution < 1.29 is 9.90 Å². The van der Waals surface area contributed by atoms with E-state index in [1.807, 2.05) is 7.05 Å². The van der Waals surface area contributed by atoms with Crippen molar-refractivity contribution in [2.75, 3.05) is 11.9 Å². The highest BCUT2D eigenvalue weighted by Crippen LogP contribution is 2.27. The van der Waals surface area contributed by atoms with Crippen molar-refractivity contribution in [3.63, 3.8) is 0 Å². The Balaban J connectivity index is 2.05. The average Bonchev–Trinajstić information content (AvgIpc) is 2.39. The normalized spacial score (nSPS) is 16.8. The number of rotatable bonds is 2. The Hall–Kier alpha value is -1.51. The van der Waals surface area contributed by atoms with E-state index in [9.17, 15) is 9.90 Å². The van der Waals surface area contributed by atoms with E-state index >= 15 is 0 Å². The molecule has 0 spiro atoms. The van der Waals surface area contributed by atoms with E-state index in [0.29, 0.717) is 0 Å². The van der Waals surface area contributed by atoms with Crippen molar-refractivity contribution in [1.82, 2.24) is 0 Å². The van der Waals surface area contributed by atoms with E-state index in [1.54, 1.807) is 29.2 Å². The highest BCUT2D eigenvalue weighted by atomic mass is 16.3. The minimum absolute atomic E-state index is 0.183. The van der Waals surface area contributed by atoms with E-state index in [1.165, 1.54) is 19.3 Å². The number of nitrogens with zero attached hydrogens (tertiary/aromatic N) is 1. The number of carbonyl (C=O) groups excluding carboxylic acids is 1. The predicted octanol–water partition coefficient (Wildman–Crippen LogP) is 2.94. The first-order chi connectivity index (χ1) is 8.18. The maximum atomic E-state index is 12.2. The Morgan fingerprint density at radius 2 is 1.76 bits per heavy atom. The molecule has 17 heavy (non-hydrogen) atoms. The van der Waals surface area contributed by atoms with Gasteiger partial charge in [-0.25, -0.2) is 0 Å². The van der Waals surface area contributed by atoms with Gasteiger partial charge in [0.1, 0.15) is 5.75 Å². The van der Waals surface area contributed by atoms with Gasteiger partial charge in [-0.1, -0.05) is 19.3 Å². The molecule has 0 unspecified atom stereocenters. The Morgan fingerprint density at radius 3 is 2.35 bits per heavy atom. The van der Waals surface area contributed by atoms with Crippen LogP contribution in [0.3, 0.4) is 0 Å². The van der Waals surface area contributed by atoms with Crippen LogP contribution in [0, 0.1) is 5.92 Å². The zero-order chi connectivity index (χ0) is 12.3. The van der Waals surface area contributed by atoms with Gasteiger partial charge in [0.05, 0.1) is 0 Å². The molecular weight excluding hydrogens is 214 g/mol. The van der Waals surface area contributed by atoms with E-state index in [2.05, 4.69) is 0 Å². The van der Waals surface area contributed by atoms with Gasteiger partial charge in [0.25, 0.3) is 0 Å². The summed E-state index contributed by atoms with van der Waals surface area (Å²) in [5.74, 6) is 0.616. The van der Waals surface area contributed by atoms with Crippen LogP contribution in [0.2, 0.25) is 0 Å². The average molecular weight is 233 g/mol. The van der Waals surface area contributed by atoms with Crippen molar-refractivity contribution in [2.45, 2.75) is 32.1 Å². The Morgan fingerprint density at radius 1 is 1.18 bits per heavy atom. The summed E-state index contributed by atoms with van der Waals surface area (Å²) in [5, 5.41) is 9.22. The summed E-state index contributed by atoms with van der Waals surface area (Å²) >= 11 is 0. The second-order valence-corrected chi connectivity index (χ2v) is 4.75. The number of amides is 1. The predicted molar refractivity (Wildman–Crippen MR) is 68.1 cm³/mol. The SMILES string of the molecule is CN(C(=O)C1CCCCC1)c1ccc(O)cc1. The van der Waals surface area contributed by atoms with Crippen molar-refractivity contribution in [3.8, 4) is 5.75 Å². The molecule has 1 aromatic carbocycles. The second kappa shape index (κ2) is 5.21. The Kier molecular flexibility index (Phi) is 3.67. The van der Waals surface area contributed by atoms with Crippen LogP contribution in [0.1, 0.15) is 32.1 Å². The zero-order valence-electron chi connectivity index (χ0n) is 10.2. The van der Waals surface area contributed by atoms with Crippen LogP contribution in [0.25, 0.3) is 0 Å². The van der Waals surface area contributed by atoms with Crippen LogP contribution in [-0.2, 0) is 4.79 Å². The van der Waals surface area contributed by atoms with E-state index in [-0.39, 0.29) is 17.6 Å². The lowest BCUT2D eigenvalue weighted by Gasteiger charge is -2.26. The maximum absolute atomic E-state index is 12.2. The molecule has 1 saturated carbocycles. The molecule has 0 bridgehead atoms. The first-order valence-electron chi connectivity index (χ1n) is 6.25. The van der Waals surface area contributed by atoms with Crippen LogP contribution in [0.5, 0.6) is 5.75 Å². The summed E-state index contributed by atoms with van der Waals surface area (Å²) in [5.41, 5.74) is 0.846. The van der Waals surface area contributed by atoms with E-state index in [4.69, 9.17) is 0 Å². The van der Waals surface area contributed by atoms with Crippen molar-refractivity contribution in [3.05, 3.63) is 24.3 Å². The summed E-state index contributed by atoms with van der Waals surface area (Å²) in [7, 11) is 1.81. The summed E-state index contributed by atoms with van der Waals surface area (Å²) in [4.78, 5) is 14.0. The smallest absolute Gasteiger partial charge is 0.229 e. The number of phenols is 1. The van der Waals surface area contributed by atoms with Crippen molar-refractivity contribution in [1.29, 1.82) is 0 Å². The first kappa shape index (κ1) is 12.0. The lowest BCUT2D eigenvalue weighted by Crippen LogP contribution is -2.33. The molecule has 92 valence electrons. The molecule has 0 aliphatic heterocycles. The fraction of sp³-hybridized carbons (Fsp3) is 0.500. The quantitative estimate of drug-likeness (QED) is 0.853. The number of aromatic hydroxyl groups is 1. The standard InChI is InChI=1S/C14H19NO2/c1-15(12-7-9-13(16)10-8-12)14(17)11-5-3-2-4-6-11/h7-11,16H,2-6H2,1H3.